The number of hydrogen-bond donors (Lipinski definition) is 1. The third kappa shape index (κ3) is 1.20. The van der Waals surface area contributed by atoms with E-state index >= 15 is 0 Å². The van der Waals surface area contributed by atoms with Crippen LogP contribution in [-0.4, -0.2) is 32.9 Å². The van der Waals surface area contributed by atoms with E-state index in [4.69, 9.17) is 12.2 Å². The van der Waals surface area contributed by atoms with Crippen LogP contribution in [-0.2, 0) is 0 Å². The first kappa shape index (κ1) is 7.31. The van der Waals surface area contributed by atoms with Crippen LogP contribution in [0.15, 0.2) is 0 Å². The van der Waals surface area contributed by atoms with Gasteiger partial charge in [-0.3, -0.25) is 0 Å². The summed E-state index contributed by atoms with van der Waals surface area (Å²) in [6.45, 7) is 1.76. The minimum atomic E-state index is -0.720. The lowest BCUT2D eigenvalue weighted by Gasteiger charge is -2.25. The van der Waals surface area contributed by atoms with Crippen LogP contribution >= 0.6 is 24.0 Å². The average molecular weight is 163 g/mol. The van der Waals surface area contributed by atoms with E-state index in [9.17, 15) is 5.11 Å². The van der Waals surface area contributed by atoms with Gasteiger partial charge in [0.05, 0.1) is 0 Å². The van der Waals surface area contributed by atoms with Gasteiger partial charge in [0.2, 0.25) is 0 Å². The Morgan fingerprint density at radius 1 is 1.89 bits per heavy atom. The normalized spacial score (nSPS) is 35.9. The van der Waals surface area contributed by atoms with Crippen LogP contribution in [0.1, 0.15) is 6.92 Å². The Balaban J connectivity index is 2.73. The van der Waals surface area contributed by atoms with Gasteiger partial charge in [-0.2, -0.15) is 0 Å². The van der Waals surface area contributed by atoms with Gasteiger partial charge in [-0.25, -0.2) is 0 Å². The highest BCUT2D eigenvalue weighted by atomic mass is 32.2. The van der Waals surface area contributed by atoms with Crippen molar-refractivity contribution in [3.05, 3.63) is 0 Å². The van der Waals surface area contributed by atoms with Crippen LogP contribution in [0.4, 0.5) is 0 Å². The highest BCUT2D eigenvalue weighted by Gasteiger charge is 2.34. The summed E-state index contributed by atoms with van der Waals surface area (Å²) in [5, 5.41) is 9.45. The van der Waals surface area contributed by atoms with Crippen molar-refractivity contribution in [2.45, 2.75) is 12.6 Å². The van der Waals surface area contributed by atoms with Gasteiger partial charge in [0.1, 0.15) is 10.0 Å². The van der Waals surface area contributed by atoms with Crippen LogP contribution in [0.3, 0.4) is 0 Å². The second kappa shape index (κ2) is 2.11. The van der Waals surface area contributed by atoms with Crippen molar-refractivity contribution in [2.24, 2.45) is 0 Å². The first-order valence-corrected chi connectivity index (χ1v) is 4.06. The number of rotatable bonds is 0. The first-order valence-electron chi connectivity index (χ1n) is 2.67. The molecule has 52 valence electrons. The van der Waals surface area contributed by atoms with E-state index in [1.54, 1.807) is 11.8 Å². The van der Waals surface area contributed by atoms with Gasteiger partial charge in [0.25, 0.3) is 0 Å². The molecule has 1 atom stereocenters. The molecule has 1 N–H and O–H groups in total. The number of hydrogen-bond acceptors (Lipinski definition) is 3. The van der Waals surface area contributed by atoms with E-state index in [0.29, 0.717) is 5.75 Å². The quantitative estimate of drug-likeness (QED) is 0.530. The second-order valence-corrected chi connectivity index (χ2v) is 3.94. The summed E-state index contributed by atoms with van der Waals surface area (Å²) in [6, 6.07) is 0. The Morgan fingerprint density at radius 3 is 2.56 bits per heavy atom. The molecule has 1 rings (SSSR count). The maximum atomic E-state index is 9.45. The SMILES string of the molecule is CN1C(=S)SCC1(C)O. The monoisotopic (exact) mass is 163 g/mol. The van der Waals surface area contributed by atoms with E-state index in [0.717, 1.165) is 4.32 Å². The molecule has 1 heterocycles. The molecule has 0 aromatic rings. The molecule has 2 nitrogen and oxygen atoms in total. The van der Waals surface area contributed by atoms with Crippen molar-refractivity contribution in [2.75, 3.05) is 12.8 Å². The van der Waals surface area contributed by atoms with E-state index in [-0.39, 0.29) is 0 Å². The maximum Gasteiger partial charge on any atom is 0.145 e. The van der Waals surface area contributed by atoms with Crippen LogP contribution in [0.25, 0.3) is 0 Å². The molecule has 9 heavy (non-hydrogen) atoms. The summed E-state index contributed by atoms with van der Waals surface area (Å²) in [5.41, 5.74) is -0.720. The second-order valence-electron chi connectivity index (χ2n) is 2.33. The zero-order valence-electron chi connectivity index (χ0n) is 5.42. The van der Waals surface area contributed by atoms with Crippen molar-refractivity contribution in [3.8, 4) is 0 Å². The molecular formula is C5H9NOS2. The van der Waals surface area contributed by atoms with Crippen molar-refractivity contribution in [3.63, 3.8) is 0 Å². The molecule has 0 aliphatic carbocycles. The van der Waals surface area contributed by atoms with E-state index in [1.807, 2.05) is 7.05 Å². The van der Waals surface area contributed by atoms with Gasteiger partial charge in [0, 0.05) is 12.8 Å². The predicted octanol–water partition coefficient (Wildman–Crippen LogP) is 0.658. The van der Waals surface area contributed by atoms with Crippen LogP contribution in [0.2, 0.25) is 0 Å². The minimum absolute atomic E-state index is 0.683. The lowest BCUT2D eigenvalue weighted by molar-refractivity contribution is -0.00939. The van der Waals surface area contributed by atoms with Crippen molar-refractivity contribution >= 4 is 28.3 Å². The molecule has 0 spiro atoms. The van der Waals surface area contributed by atoms with Gasteiger partial charge >= 0.3 is 0 Å². The standard InChI is InChI=1S/C5H9NOS2/c1-5(7)3-9-4(8)6(5)2/h7H,3H2,1-2H3. The minimum Gasteiger partial charge on any atom is -0.370 e. The number of thiocarbonyl (C=S) groups is 1. The number of thioether (sulfide) groups is 1. The molecule has 0 saturated carbocycles. The van der Waals surface area contributed by atoms with Crippen LogP contribution in [0, 0.1) is 0 Å². The predicted molar refractivity (Wildman–Crippen MR) is 43.4 cm³/mol. The average Bonchev–Trinajstić information content (AvgIpc) is 1.97. The fourth-order valence-corrected chi connectivity index (χ4v) is 1.94. The van der Waals surface area contributed by atoms with Gasteiger partial charge in [-0.1, -0.05) is 24.0 Å². The molecule has 1 saturated heterocycles. The Labute approximate surface area is 64.2 Å². The Kier molecular flexibility index (Phi) is 1.71. The number of nitrogens with zero attached hydrogens (tertiary/aromatic N) is 1. The van der Waals surface area contributed by atoms with Gasteiger partial charge < -0.3 is 10.0 Å². The molecule has 0 aromatic heterocycles. The Bertz CT molecular complexity index is 146. The van der Waals surface area contributed by atoms with Crippen molar-refractivity contribution < 1.29 is 5.11 Å². The zero-order chi connectivity index (χ0) is 7.07. The van der Waals surface area contributed by atoms with E-state index in [2.05, 4.69) is 0 Å². The third-order valence-electron chi connectivity index (χ3n) is 1.47. The molecule has 0 radical (unpaired) electrons. The highest BCUT2D eigenvalue weighted by Crippen LogP contribution is 2.28. The molecule has 1 aliphatic heterocycles. The summed E-state index contributed by atoms with van der Waals surface area (Å²) < 4.78 is 0.778. The molecule has 0 amide bonds. The summed E-state index contributed by atoms with van der Waals surface area (Å²) in [4.78, 5) is 1.72. The molecule has 0 bridgehead atoms. The van der Waals surface area contributed by atoms with E-state index in [1.165, 1.54) is 11.8 Å². The molecule has 1 fully saturated rings. The fourth-order valence-electron chi connectivity index (χ4n) is 0.589. The lowest BCUT2D eigenvalue weighted by Crippen LogP contribution is -2.41. The smallest absolute Gasteiger partial charge is 0.145 e. The van der Waals surface area contributed by atoms with Gasteiger partial charge in [-0.15, -0.1) is 0 Å². The topological polar surface area (TPSA) is 23.5 Å². The van der Waals surface area contributed by atoms with Crippen LogP contribution < -0.4 is 0 Å². The van der Waals surface area contributed by atoms with Crippen molar-refractivity contribution in [1.82, 2.24) is 4.90 Å². The first-order chi connectivity index (χ1) is 4.04. The molecule has 1 aliphatic rings. The zero-order valence-corrected chi connectivity index (χ0v) is 7.05. The van der Waals surface area contributed by atoms with E-state index < -0.39 is 5.72 Å². The molecular weight excluding hydrogens is 154 g/mol. The van der Waals surface area contributed by atoms with Gasteiger partial charge in [-0.05, 0) is 6.92 Å². The lowest BCUT2D eigenvalue weighted by atomic mass is 10.3. The largest absolute Gasteiger partial charge is 0.370 e. The summed E-state index contributed by atoms with van der Waals surface area (Å²) in [6.07, 6.45) is 0. The third-order valence-corrected chi connectivity index (χ3v) is 3.30. The molecule has 0 aromatic carbocycles. The summed E-state index contributed by atoms with van der Waals surface area (Å²) in [5.74, 6) is 0.683. The maximum absolute atomic E-state index is 9.45. The fraction of sp³-hybridized carbons (Fsp3) is 0.800. The van der Waals surface area contributed by atoms with Gasteiger partial charge in [0.15, 0.2) is 0 Å². The summed E-state index contributed by atoms with van der Waals surface area (Å²) in [7, 11) is 1.81. The van der Waals surface area contributed by atoms with Crippen molar-refractivity contribution in [1.29, 1.82) is 0 Å². The Hall–Kier alpha value is 0.200. The number of aliphatic hydroxyl groups is 1. The molecule has 1 unspecified atom stereocenters. The summed E-state index contributed by atoms with van der Waals surface area (Å²) >= 11 is 6.44. The Morgan fingerprint density at radius 2 is 2.44 bits per heavy atom. The van der Waals surface area contributed by atoms with Crippen LogP contribution in [0.5, 0.6) is 0 Å². The highest BCUT2D eigenvalue weighted by molar-refractivity contribution is 8.23. The molecule has 4 heteroatoms.